The van der Waals surface area contributed by atoms with Crippen molar-refractivity contribution in [1.29, 1.82) is 0 Å². The van der Waals surface area contributed by atoms with Gasteiger partial charge in [0, 0.05) is 22.2 Å². The maximum Gasteiger partial charge on any atom is 0.0626 e. The van der Waals surface area contributed by atoms with Crippen molar-refractivity contribution in [3.05, 3.63) is 176 Å². The molecule has 49 heavy (non-hydrogen) atoms. The van der Waals surface area contributed by atoms with Crippen LogP contribution in [0.2, 0.25) is 0 Å². The van der Waals surface area contributed by atoms with Crippen LogP contribution in [0.3, 0.4) is 0 Å². The fraction of sp³-hybridized carbons (Fsp3) is 0. The van der Waals surface area contributed by atoms with Crippen molar-refractivity contribution in [1.82, 2.24) is 4.57 Å². The fourth-order valence-corrected chi connectivity index (χ4v) is 8.56. The molecule has 1 heterocycles. The van der Waals surface area contributed by atoms with Crippen LogP contribution in [0.5, 0.6) is 0 Å². The molecule has 0 aliphatic heterocycles. The van der Waals surface area contributed by atoms with Crippen molar-refractivity contribution in [2.24, 2.45) is 0 Å². The van der Waals surface area contributed by atoms with Crippen molar-refractivity contribution >= 4 is 54.0 Å². The zero-order valence-electron chi connectivity index (χ0n) is 26.7. The molecule has 1 aliphatic carbocycles. The van der Waals surface area contributed by atoms with E-state index in [1.807, 2.05) is 0 Å². The molecule has 1 nitrogen and oxygen atoms in total. The average molecular weight is 620 g/mol. The Balaban J connectivity index is 1.11. The highest BCUT2D eigenvalue weighted by atomic mass is 15.0. The van der Waals surface area contributed by atoms with Gasteiger partial charge in [0.25, 0.3) is 0 Å². The molecule has 0 atom stereocenters. The summed E-state index contributed by atoms with van der Waals surface area (Å²) in [5, 5.41) is 11.7. The molecular formula is C48H29N. The molecule has 1 aromatic heterocycles. The van der Waals surface area contributed by atoms with Gasteiger partial charge in [0.05, 0.1) is 11.2 Å². The molecule has 0 amide bonds. The molecule has 10 aromatic rings. The largest absolute Gasteiger partial charge is 0.309 e. The van der Waals surface area contributed by atoms with Gasteiger partial charge in [-0.05, 0) is 107 Å². The number of fused-ring (bicyclic) bond motifs is 11. The molecule has 1 aliphatic rings. The fourth-order valence-electron chi connectivity index (χ4n) is 8.56. The van der Waals surface area contributed by atoms with Crippen LogP contribution < -0.4 is 0 Å². The topological polar surface area (TPSA) is 4.93 Å². The second-order valence-electron chi connectivity index (χ2n) is 13.3. The summed E-state index contributed by atoms with van der Waals surface area (Å²) in [6, 6.07) is 64.9. The molecule has 0 N–H and O–H groups in total. The number of nitrogens with zero attached hydrogens (tertiary/aromatic N) is 1. The second-order valence-corrected chi connectivity index (χ2v) is 13.3. The summed E-state index contributed by atoms with van der Waals surface area (Å²) in [5.41, 5.74) is 12.6. The van der Waals surface area contributed by atoms with Crippen molar-refractivity contribution in [3.63, 3.8) is 0 Å². The minimum atomic E-state index is 1.19. The monoisotopic (exact) mass is 619 g/mol. The van der Waals surface area contributed by atoms with E-state index in [9.17, 15) is 0 Å². The van der Waals surface area contributed by atoms with E-state index in [1.165, 1.54) is 104 Å². The predicted molar refractivity (Wildman–Crippen MR) is 209 cm³/mol. The molecule has 0 bridgehead atoms. The van der Waals surface area contributed by atoms with Crippen LogP contribution in [0.15, 0.2) is 176 Å². The molecule has 9 aromatic carbocycles. The SMILES string of the molecule is c1ccc(-n2c3c(c4cc(-c5cccc(-c6ccc7c8ccccc8c8ccccc8c7c6)c5)ccc42)-c2cccc4cccc-3c24)cc1. The van der Waals surface area contributed by atoms with Gasteiger partial charge >= 0.3 is 0 Å². The molecule has 0 saturated heterocycles. The Kier molecular flexibility index (Phi) is 5.45. The number of rotatable bonds is 3. The van der Waals surface area contributed by atoms with E-state index < -0.39 is 0 Å². The molecule has 0 radical (unpaired) electrons. The molecular weight excluding hydrogens is 591 g/mol. The van der Waals surface area contributed by atoms with Crippen LogP contribution in [-0.2, 0) is 0 Å². The first-order valence-electron chi connectivity index (χ1n) is 17.0. The van der Waals surface area contributed by atoms with E-state index in [2.05, 4.69) is 180 Å². The molecule has 0 saturated carbocycles. The van der Waals surface area contributed by atoms with Crippen LogP contribution in [0.25, 0.3) is 104 Å². The number of benzene rings is 9. The van der Waals surface area contributed by atoms with Crippen LogP contribution in [0.4, 0.5) is 0 Å². The summed E-state index contributed by atoms with van der Waals surface area (Å²) in [6.45, 7) is 0. The van der Waals surface area contributed by atoms with Gasteiger partial charge in [-0.25, -0.2) is 0 Å². The van der Waals surface area contributed by atoms with Crippen molar-refractivity contribution in [3.8, 4) is 50.3 Å². The Morgan fingerprint density at radius 2 is 0.857 bits per heavy atom. The van der Waals surface area contributed by atoms with Crippen LogP contribution in [0, 0.1) is 0 Å². The van der Waals surface area contributed by atoms with Gasteiger partial charge in [-0.15, -0.1) is 0 Å². The average Bonchev–Trinajstić information content (AvgIpc) is 3.69. The van der Waals surface area contributed by atoms with Crippen LogP contribution in [-0.4, -0.2) is 4.57 Å². The third-order valence-electron chi connectivity index (χ3n) is 10.7. The van der Waals surface area contributed by atoms with E-state index >= 15 is 0 Å². The zero-order chi connectivity index (χ0) is 32.1. The van der Waals surface area contributed by atoms with Crippen molar-refractivity contribution < 1.29 is 0 Å². The van der Waals surface area contributed by atoms with E-state index in [-0.39, 0.29) is 0 Å². The zero-order valence-corrected chi connectivity index (χ0v) is 26.7. The highest BCUT2D eigenvalue weighted by molar-refractivity contribution is 6.26. The maximum absolute atomic E-state index is 2.46. The number of para-hydroxylation sites is 1. The quantitative estimate of drug-likeness (QED) is 0.173. The number of hydrogen-bond acceptors (Lipinski definition) is 0. The normalized spacial score (nSPS) is 12.1. The van der Waals surface area contributed by atoms with E-state index in [1.54, 1.807) is 0 Å². The van der Waals surface area contributed by atoms with E-state index in [0.29, 0.717) is 0 Å². The van der Waals surface area contributed by atoms with Gasteiger partial charge in [0.15, 0.2) is 0 Å². The second kappa shape index (κ2) is 10.0. The standard InChI is InChI=1S/C48H29N/c1-2-15-35(16-3-1)49-45-26-24-34(29-44(45)47-41-21-9-11-30-12-10-22-42(46(30)41)48(47)49)32-14-8-13-31(27-32)33-23-25-40-38-19-5-4-17-36(38)37-18-6-7-20-39(37)43(40)28-33/h1-29H. The lowest BCUT2D eigenvalue weighted by Gasteiger charge is -2.13. The minimum absolute atomic E-state index is 1.19. The number of hydrogen-bond donors (Lipinski definition) is 0. The third kappa shape index (κ3) is 3.76. The highest BCUT2D eigenvalue weighted by Crippen LogP contribution is 2.53. The summed E-state index contributed by atoms with van der Waals surface area (Å²) < 4.78 is 2.46. The van der Waals surface area contributed by atoms with Crippen LogP contribution in [0.1, 0.15) is 0 Å². The van der Waals surface area contributed by atoms with Crippen LogP contribution >= 0.6 is 0 Å². The Morgan fingerprint density at radius 1 is 0.327 bits per heavy atom. The molecule has 0 spiro atoms. The van der Waals surface area contributed by atoms with Gasteiger partial charge in [0.2, 0.25) is 0 Å². The molecule has 0 fully saturated rings. The lowest BCUT2D eigenvalue weighted by molar-refractivity contribution is 1.14. The summed E-state index contributed by atoms with van der Waals surface area (Å²) in [4.78, 5) is 0. The molecule has 11 rings (SSSR count). The lowest BCUT2D eigenvalue weighted by Crippen LogP contribution is -1.96. The first-order valence-corrected chi connectivity index (χ1v) is 17.0. The first-order chi connectivity index (χ1) is 24.3. The minimum Gasteiger partial charge on any atom is -0.309 e. The Bertz CT molecular complexity index is 2940. The van der Waals surface area contributed by atoms with Crippen molar-refractivity contribution in [2.45, 2.75) is 0 Å². The smallest absolute Gasteiger partial charge is 0.0626 e. The molecule has 0 unspecified atom stereocenters. The Labute approximate surface area is 283 Å². The summed E-state index contributed by atoms with van der Waals surface area (Å²) in [5.74, 6) is 0. The third-order valence-corrected chi connectivity index (χ3v) is 10.7. The van der Waals surface area contributed by atoms with Crippen molar-refractivity contribution in [2.75, 3.05) is 0 Å². The predicted octanol–water partition coefficient (Wildman–Crippen LogP) is 13.2. The first kappa shape index (κ1) is 26.6. The van der Waals surface area contributed by atoms with Gasteiger partial charge in [0.1, 0.15) is 0 Å². The number of aromatic nitrogens is 1. The van der Waals surface area contributed by atoms with Gasteiger partial charge in [-0.3, -0.25) is 0 Å². The van der Waals surface area contributed by atoms with E-state index in [0.717, 1.165) is 0 Å². The lowest BCUT2D eigenvalue weighted by atomic mass is 9.91. The van der Waals surface area contributed by atoms with E-state index in [4.69, 9.17) is 0 Å². The molecule has 1 heteroatoms. The summed E-state index contributed by atoms with van der Waals surface area (Å²) >= 11 is 0. The summed E-state index contributed by atoms with van der Waals surface area (Å²) in [6.07, 6.45) is 0. The van der Waals surface area contributed by atoms with Gasteiger partial charge in [-0.2, -0.15) is 0 Å². The maximum atomic E-state index is 2.46. The molecule has 226 valence electrons. The van der Waals surface area contributed by atoms with Gasteiger partial charge < -0.3 is 4.57 Å². The highest BCUT2D eigenvalue weighted by Gasteiger charge is 2.29. The Morgan fingerprint density at radius 3 is 1.55 bits per heavy atom. The Hall–Kier alpha value is -6.44. The van der Waals surface area contributed by atoms with Gasteiger partial charge in [-0.1, -0.05) is 140 Å². The summed E-state index contributed by atoms with van der Waals surface area (Å²) in [7, 11) is 0.